The Labute approximate surface area is 89.2 Å². The number of nitrogens with two attached hydrogens (primary N) is 1. The largest absolute Gasteiger partial charge is 0.465 e. The molecule has 2 N–H and O–H groups in total. The van der Waals surface area contributed by atoms with E-state index in [1.54, 1.807) is 17.8 Å². The molecule has 0 aliphatic rings. The lowest BCUT2D eigenvalue weighted by Crippen LogP contribution is -2.32. The summed E-state index contributed by atoms with van der Waals surface area (Å²) in [6.07, 6.45) is 3.04. The van der Waals surface area contributed by atoms with Gasteiger partial charge in [0, 0.05) is 18.9 Å². The van der Waals surface area contributed by atoms with Crippen molar-refractivity contribution in [3.63, 3.8) is 0 Å². The minimum Gasteiger partial charge on any atom is -0.465 e. The van der Waals surface area contributed by atoms with Gasteiger partial charge in [-0.2, -0.15) is 5.10 Å². The number of esters is 1. The van der Waals surface area contributed by atoms with Gasteiger partial charge >= 0.3 is 5.97 Å². The van der Waals surface area contributed by atoms with Crippen LogP contribution in [0.2, 0.25) is 0 Å². The minimum absolute atomic E-state index is 0.334. The van der Waals surface area contributed by atoms with Crippen LogP contribution in [-0.2, 0) is 23.0 Å². The molecule has 0 saturated carbocycles. The van der Waals surface area contributed by atoms with Gasteiger partial charge in [0.25, 0.3) is 0 Å². The molecule has 0 radical (unpaired) electrons. The summed E-state index contributed by atoms with van der Waals surface area (Å²) in [5.41, 5.74) is 6.73. The van der Waals surface area contributed by atoms with Gasteiger partial charge in [-0.25, -0.2) is 0 Å². The molecule has 1 heterocycles. The molecule has 1 rings (SSSR count). The Morgan fingerprint density at radius 1 is 1.73 bits per heavy atom. The molecule has 1 unspecified atom stereocenters. The summed E-state index contributed by atoms with van der Waals surface area (Å²) in [7, 11) is 1.87. The van der Waals surface area contributed by atoms with Gasteiger partial charge in [-0.1, -0.05) is 0 Å². The average Bonchev–Trinajstić information content (AvgIpc) is 2.61. The van der Waals surface area contributed by atoms with Gasteiger partial charge in [-0.15, -0.1) is 0 Å². The van der Waals surface area contributed by atoms with Crippen molar-refractivity contribution in [1.29, 1.82) is 0 Å². The molecule has 15 heavy (non-hydrogen) atoms. The zero-order chi connectivity index (χ0) is 11.3. The first kappa shape index (κ1) is 11.7. The van der Waals surface area contributed by atoms with Gasteiger partial charge in [0.2, 0.25) is 0 Å². The fraction of sp³-hybridized carbons (Fsp3) is 0.600. The molecular weight excluding hydrogens is 194 g/mol. The first-order chi connectivity index (χ1) is 7.15. The molecule has 0 spiro atoms. The van der Waals surface area contributed by atoms with E-state index in [2.05, 4.69) is 5.10 Å². The highest BCUT2D eigenvalue weighted by Crippen LogP contribution is 2.03. The molecule has 84 valence electrons. The van der Waals surface area contributed by atoms with E-state index in [0.29, 0.717) is 13.0 Å². The first-order valence-corrected chi connectivity index (χ1v) is 5.04. The number of aromatic nitrogens is 2. The summed E-state index contributed by atoms with van der Waals surface area (Å²) >= 11 is 0. The van der Waals surface area contributed by atoms with Gasteiger partial charge in [0.05, 0.1) is 6.61 Å². The van der Waals surface area contributed by atoms with Crippen LogP contribution in [0.4, 0.5) is 0 Å². The number of aryl methyl sites for hydroxylation is 2. The quantitative estimate of drug-likeness (QED) is 0.708. The molecule has 1 aromatic rings. The number of rotatable bonds is 5. The lowest BCUT2D eigenvalue weighted by molar-refractivity contribution is -0.144. The third-order valence-electron chi connectivity index (χ3n) is 2.22. The van der Waals surface area contributed by atoms with E-state index in [-0.39, 0.29) is 5.97 Å². The van der Waals surface area contributed by atoms with Crippen LogP contribution < -0.4 is 5.73 Å². The van der Waals surface area contributed by atoms with Crippen LogP contribution in [0.1, 0.15) is 19.0 Å². The van der Waals surface area contributed by atoms with Crippen molar-refractivity contribution in [2.75, 3.05) is 6.61 Å². The third-order valence-corrected chi connectivity index (χ3v) is 2.22. The van der Waals surface area contributed by atoms with Gasteiger partial charge in [0.1, 0.15) is 6.04 Å². The van der Waals surface area contributed by atoms with E-state index < -0.39 is 6.04 Å². The highest BCUT2D eigenvalue weighted by Gasteiger charge is 2.14. The lowest BCUT2D eigenvalue weighted by Gasteiger charge is -2.10. The Morgan fingerprint density at radius 3 is 3.00 bits per heavy atom. The van der Waals surface area contributed by atoms with E-state index in [1.807, 2.05) is 13.1 Å². The summed E-state index contributed by atoms with van der Waals surface area (Å²) in [4.78, 5) is 11.2. The van der Waals surface area contributed by atoms with Crippen LogP contribution in [0.3, 0.4) is 0 Å². The summed E-state index contributed by atoms with van der Waals surface area (Å²) in [5, 5.41) is 4.04. The number of carbonyl (C=O) groups excluding carboxylic acids is 1. The van der Waals surface area contributed by atoms with Crippen LogP contribution >= 0.6 is 0 Å². The number of hydrogen-bond acceptors (Lipinski definition) is 4. The van der Waals surface area contributed by atoms with Gasteiger partial charge in [0.15, 0.2) is 0 Å². The second kappa shape index (κ2) is 5.50. The molecule has 1 aromatic heterocycles. The van der Waals surface area contributed by atoms with Crippen molar-refractivity contribution in [3.8, 4) is 0 Å². The SMILES string of the molecule is CCOC(=O)C(N)CCc1ccnn1C. The molecule has 0 fully saturated rings. The van der Waals surface area contributed by atoms with Crippen molar-refractivity contribution in [1.82, 2.24) is 9.78 Å². The Balaban J connectivity index is 2.37. The summed E-state index contributed by atoms with van der Waals surface area (Å²) in [6, 6.07) is 1.37. The molecule has 5 heteroatoms. The molecule has 0 amide bonds. The highest BCUT2D eigenvalue weighted by molar-refractivity contribution is 5.75. The van der Waals surface area contributed by atoms with Crippen LogP contribution in [0.25, 0.3) is 0 Å². The van der Waals surface area contributed by atoms with Crippen molar-refractivity contribution in [3.05, 3.63) is 18.0 Å². The van der Waals surface area contributed by atoms with E-state index >= 15 is 0 Å². The second-order valence-electron chi connectivity index (χ2n) is 3.34. The maximum absolute atomic E-state index is 11.2. The molecular formula is C10H17N3O2. The van der Waals surface area contributed by atoms with Gasteiger partial charge in [-0.3, -0.25) is 9.48 Å². The number of carbonyl (C=O) groups is 1. The molecule has 0 aliphatic heterocycles. The zero-order valence-corrected chi connectivity index (χ0v) is 9.14. The van der Waals surface area contributed by atoms with Crippen LogP contribution in [0.5, 0.6) is 0 Å². The predicted molar refractivity (Wildman–Crippen MR) is 56.1 cm³/mol. The maximum atomic E-state index is 11.2. The van der Waals surface area contributed by atoms with E-state index in [4.69, 9.17) is 10.5 Å². The van der Waals surface area contributed by atoms with Crippen molar-refractivity contribution in [2.24, 2.45) is 12.8 Å². The topological polar surface area (TPSA) is 70.1 Å². The normalized spacial score (nSPS) is 12.5. The molecule has 0 bridgehead atoms. The Morgan fingerprint density at radius 2 is 2.47 bits per heavy atom. The standard InChI is InChI=1S/C10H17N3O2/c1-3-15-10(14)9(11)5-4-8-6-7-12-13(8)2/h6-7,9H,3-5,11H2,1-2H3. The second-order valence-corrected chi connectivity index (χ2v) is 3.34. The highest BCUT2D eigenvalue weighted by atomic mass is 16.5. The van der Waals surface area contributed by atoms with Crippen molar-refractivity contribution < 1.29 is 9.53 Å². The molecule has 5 nitrogen and oxygen atoms in total. The average molecular weight is 211 g/mol. The number of hydrogen-bond donors (Lipinski definition) is 1. The summed E-state index contributed by atoms with van der Waals surface area (Å²) in [5.74, 6) is -0.334. The van der Waals surface area contributed by atoms with Gasteiger partial charge in [-0.05, 0) is 25.8 Å². The van der Waals surface area contributed by atoms with Crippen LogP contribution in [-0.4, -0.2) is 28.4 Å². The number of nitrogens with zero attached hydrogens (tertiary/aromatic N) is 2. The molecule has 0 saturated heterocycles. The lowest BCUT2D eigenvalue weighted by atomic mass is 10.1. The van der Waals surface area contributed by atoms with Crippen LogP contribution in [0.15, 0.2) is 12.3 Å². The minimum atomic E-state index is -0.542. The third kappa shape index (κ3) is 3.36. The number of ether oxygens (including phenoxy) is 1. The van der Waals surface area contributed by atoms with E-state index in [0.717, 1.165) is 12.1 Å². The molecule has 0 aromatic carbocycles. The zero-order valence-electron chi connectivity index (χ0n) is 9.14. The fourth-order valence-electron chi connectivity index (χ4n) is 1.32. The maximum Gasteiger partial charge on any atom is 0.322 e. The molecule has 0 aliphatic carbocycles. The molecule has 1 atom stereocenters. The Bertz CT molecular complexity index is 322. The predicted octanol–water partition coefficient (Wildman–Crippen LogP) is 0.243. The smallest absolute Gasteiger partial charge is 0.322 e. The van der Waals surface area contributed by atoms with E-state index in [1.165, 1.54) is 0 Å². The van der Waals surface area contributed by atoms with Crippen LogP contribution in [0, 0.1) is 0 Å². The summed E-state index contributed by atoms with van der Waals surface area (Å²) < 4.78 is 6.59. The Kier molecular flexibility index (Phi) is 4.30. The Hall–Kier alpha value is -1.36. The van der Waals surface area contributed by atoms with Crippen molar-refractivity contribution in [2.45, 2.75) is 25.8 Å². The van der Waals surface area contributed by atoms with E-state index in [9.17, 15) is 4.79 Å². The fourth-order valence-corrected chi connectivity index (χ4v) is 1.32. The van der Waals surface area contributed by atoms with Gasteiger partial charge < -0.3 is 10.5 Å². The monoisotopic (exact) mass is 211 g/mol. The first-order valence-electron chi connectivity index (χ1n) is 5.04. The van der Waals surface area contributed by atoms with Crippen molar-refractivity contribution >= 4 is 5.97 Å². The summed E-state index contributed by atoms with van der Waals surface area (Å²) in [6.45, 7) is 2.14.